The second kappa shape index (κ2) is 3.37. The van der Waals surface area contributed by atoms with Crippen LogP contribution in [0.3, 0.4) is 0 Å². The summed E-state index contributed by atoms with van der Waals surface area (Å²) >= 11 is 0. The quantitative estimate of drug-likeness (QED) is 0.670. The zero-order valence-electron chi connectivity index (χ0n) is 10.1. The topological polar surface area (TPSA) is 20.2 Å². The molecule has 1 saturated carbocycles. The van der Waals surface area contributed by atoms with Crippen molar-refractivity contribution in [1.29, 1.82) is 0 Å². The highest BCUT2D eigenvalue weighted by Crippen LogP contribution is 2.55. The van der Waals surface area contributed by atoms with E-state index in [0.29, 0.717) is 6.42 Å². The minimum atomic E-state index is -0.597. The monoisotopic (exact) mass is 196 g/mol. The Hall–Kier alpha value is -0.300. The number of aliphatic hydroxyl groups is 1. The van der Waals surface area contributed by atoms with Crippen LogP contribution in [0.15, 0.2) is 12.7 Å². The van der Waals surface area contributed by atoms with Crippen molar-refractivity contribution in [1.82, 2.24) is 0 Å². The molecule has 0 radical (unpaired) electrons. The minimum Gasteiger partial charge on any atom is -0.388 e. The Morgan fingerprint density at radius 3 is 1.93 bits per heavy atom. The standard InChI is InChI=1S/C13H24O/c1-6-8-13(14)11(2,3)9-7-10-12(13,4)5/h6,14H,1,7-10H2,2-5H3. The van der Waals surface area contributed by atoms with E-state index < -0.39 is 5.60 Å². The first-order valence-electron chi connectivity index (χ1n) is 5.60. The maximum absolute atomic E-state index is 10.9. The molecule has 0 aromatic heterocycles. The predicted octanol–water partition coefficient (Wildman–Crippen LogP) is 3.53. The largest absolute Gasteiger partial charge is 0.388 e. The average Bonchev–Trinajstić information content (AvgIpc) is 2.01. The van der Waals surface area contributed by atoms with Gasteiger partial charge in [0, 0.05) is 0 Å². The summed E-state index contributed by atoms with van der Waals surface area (Å²) in [6.45, 7) is 12.5. The van der Waals surface area contributed by atoms with Crippen LogP contribution in [0.25, 0.3) is 0 Å². The highest BCUT2D eigenvalue weighted by molar-refractivity contribution is 5.08. The molecule has 0 aliphatic heterocycles. The molecule has 0 spiro atoms. The van der Waals surface area contributed by atoms with Crippen molar-refractivity contribution < 1.29 is 5.11 Å². The molecule has 1 fully saturated rings. The van der Waals surface area contributed by atoms with Gasteiger partial charge in [-0.1, -0.05) is 40.2 Å². The van der Waals surface area contributed by atoms with Gasteiger partial charge in [0.2, 0.25) is 0 Å². The Morgan fingerprint density at radius 2 is 1.57 bits per heavy atom. The Morgan fingerprint density at radius 1 is 1.14 bits per heavy atom. The maximum atomic E-state index is 10.9. The molecule has 0 heterocycles. The van der Waals surface area contributed by atoms with Crippen LogP contribution in [0.4, 0.5) is 0 Å². The summed E-state index contributed by atoms with van der Waals surface area (Å²) in [5, 5.41) is 10.9. The van der Waals surface area contributed by atoms with Crippen molar-refractivity contribution in [3.8, 4) is 0 Å². The molecule has 14 heavy (non-hydrogen) atoms. The molecular formula is C13H24O. The van der Waals surface area contributed by atoms with Gasteiger partial charge in [-0.25, -0.2) is 0 Å². The second-order valence-electron chi connectivity index (χ2n) is 5.97. The van der Waals surface area contributed by atoms with Gasteiger partial charge in [-0.15, -0.1) is 6.58 Å². The molecule has 0 amide bonds. The summed E-state index contributed by atoms with van der Waals surface area (Å²) in [7, 11) is 0. The van der Waals surface area contributed by atoms with Gasteiger partial charge in [0.1, 0.15) is 0 Å². The van der Waals surface area contributed by atoms with E-state index in [1.165, 1.54) is 6.42 Å². The molecule has 82 valence electrons. The minimum absolute atomic E-state index is 0.00292. The summed E-state index contributed by atoms with van der Waals surface area (Å²) in [6, 6.07) is 0. The van der Waals surface area contributed by atoms with Crippen LogP contribution in [-0.2, 0) is 0 Å². The summed E-state index contributed by atoms with van der Waals surface area (Å²) in [5.74, 6) is 0. The first kappa shape index (κ1) is 11.8. The predicted molar refractivity (Wildman–Crippen MR) is 61.2 cm³/mol. The van der Waals surface area contributed by atoms with Crippen molar-refractivity contribution in [2.75, 3.05) is 0 Å². The van der Waals surface area contributed by atoms with E-state index >= 15 is 0 Å². The van der Waals surface area contributed by atoms with Crippen molar-refractivity contribution in [3.63, 3.8) is 0 Å². The number of hydrogen-bond donors (Lipinski definition) is 1. The Labute approximate surface area is 88.2 Å². The van der Waals surface area contributed by atoms with Crippen LogP contribution in [-0.4, -0.2) is 10.7 Å². The average molecular weight is 196 g/mol. The van der Waals surface area contributed by atoms with Gasteiger partial charge in [0.15, 0.2) is 0 Å². The number of rotatable bonds is 2. The molecule has 0 unspecified atom stereocenters. The fourth-order valence-electron chi connectivity index (χ4n) is 3.06. The van der Waals surface area contributed by atoms with E-state index in [4.69, 9.17) is 0 Å². The van der Waals surface area contributed by atoms with Gasteiger partial charge in [-0.3, -0.25) is 0 Å². The Bertz CT molecular complexity index is 209. The lowest BCUT2D eigenvalue weighted by Crippen LogP contribution is -2.57. The number of hydrogen-bond acceptors (Lipinski definition) is 1. The molecule has 0 aromatic carbocycles. The van der Waals surface area contributed by atoms with E-state index in [2.05, 4.69) is 34.3 Å². The van der Waals surface area contributed by atoms with Gasteiger partial charge in [0.25, 0.3) is 0 Å². The fraction of sp³-hybridized carbons (Fsp3) is 0.846. The van der Waals surface area contributed by atoms with Crippen LogP contribution in [0.1, 0.15) is 53.4 Å². The van der Waals surface area contributed by atoms with Crippen molar-refractivity contribution in [2.45, 2.75) is 59.0 Å². The lowest BCUT2D eigenvalue weighted by atomic mass is 9.53. The molecule has 0 bridgehead atoms. The van der Waals surface area contributed by atoms with E-state index in [0.717, 1.165) is 12.8 Å². The normalized spacial score (nSPS) is 28.4. The van der Waals surface area contributed by atoms with Crippen LogP contribution >= 0.6 is 0 Å². The summed E-state index contributed by atoms with van der Waals surface area (Å²) < 4.78 is 0. The highest BCUT2D eigenvalue weighted by Gasteiger charge is 2.54. The van der Waals surface area contributed by atoms with Crippen molar-refractivity contribution >= 4 is 0 Å². The zero-order valence-corrected chi connectivity index (χ0v) is 10.1. The first-order valence-corrected chi connectivity index (χ1v) is 5.60. The van der Waals surface area contributed by atoms with E-state index in [9.17, 15) is 5.11 Å². The first-order chi connectivity index (χ1) is 6.27. The highest BCUT2D eigenvalue weighted by atomic mass is 16.3. The molecule has 1 aliphatic carbocycles. The smallest absolute Gasteiger partial charge is 0.0783 e. The molecule has 1 nitrogen and oxygen atoms in total. The van der Waals surface area contributed by atoms with Gasteiger partial charge >= 0.3 is 0 Å². The van der Waals surface area contributed by atoms with Crippen LogP contribution < -0.4 is 0 Å². The molecule has 0 saturated heterocycles. The molecular weight excluding hydrogens is 172 g/mol. The maximum Gasteiger partial charge on any atom is 0.0783 e. The third-order valence-electron chi connectivity index (χ3n) is 4.28. The van der Waals surface area contributed by atoms with Crippen LogP contribution in [0, 0.1) is 10.8 Å². The van der Waals surface area contributed by atoms with E-state index in [-0.39, 0.29) is 10.8 Å². The summed E-state index contributed by atoms with van der Waals surface area (Å²) in [6.07, 6.45) is 6.00. The second-order valence-corrected chi connectivity index (χ2v) is 5.97. The molecule has 1 aliphatic rings. The van der Waals surface area contributed by atoms with Crippen molar-refractivity contribution in [3.05, 3.63) is 12.7 Å². The van der Waals surface area contributed by atoms with Crippen LogP contribution in [0.2, 0.25) is 0 Å². The van der Waals surface area contributed by atoms with E-state index in [1.807, 2.05) is 6.08 Å². The third kappa shape index (κ3) is 1.52. The lowest BCUT2D eigenvalue weighted by molar-refractivity contribution is -0.174. The Kier molecular flexibility index (Phi) is 2.84. The summed E-state index contributed by atoms with van der Waals surface area (Å²) in [4.78, 5) is 0. The van der Waals surface area contributed by atoms with Gasteiger partial charge in [-0.2, -0.15) is 0 Å². The molecule has 1 N–H and O–H groups in total. The van der Waals surface area contributed by atoms with Gasteiger partial charge in [0.05, 0.1) is 5.60 Å². The molecule has 1 rings (SSSR count). The molecule has 0 atom stereocenters. The van der Waals surface area contributed by atoms with Gasteiger partial charge < -0.3 is 5.11 Å². The third-order valence-corrected chi connectivity index (χ3v) is 4.28. The van der Waals surface area contributed by atoms with Gasteiger partial charge in [-0.05, 0) is 30.1 Å². The van der Waals surface area contributed by atoms with Crippen LogP contribution in [0.5, 0.6) is 0 Å². The lowest BCUT2D eigenvalue weighted by Gasteiger charge is -2.56. The SMILES string of the molecule is C=CCC1(O)C(C)(C)CCCC1(C)C. The molecule has 1 heteroatoms. The zero-order chi connectivity index (χ0) is 11.0. The fourth-order valence-corrected chi connectivity index (χ4v) is 3.06. The molecule has 0 aromatic rings. The van der Waals surface area contributed by atoms with E-state index in [1.54, 1.807) is 0 Å². The Balaban J connectivity index is 3.07. The van der Waals surface area contributed by atoms with Crippen molar-refractivity contribution in [2.24, 2.45) is 10.8 Å². The summed E-state index contributed by atoms with van der Waals surface area (Å²) in [5.41, 5.74) is -0.591.